The minimum atomic E-state index is -4.21. The van der Waals surface area contributed by atoms with Gasteiger partial charge in [-0.25, -0.2) is 21.9 Å². The van der Waals surface area contributed by atoms with Crippen molar-refractivity contribution in [2.75, 3.05) is 6.54 Å². The molecule has 1 N–H and O–H groups in total. The Morgan fingerprint density at radius 1 is 1.05 bits per heavy atom. The van der Waals surface area contributed by atoms with Crippen molar-refractivity contribution in [1.82, 2.24) is 4.72 Å². The summed E-state index contributed by atoms with van der Waals surface area (Å²) < 4.78 is 53.4. The molecule has 2 aromatic carbocycles. The van der Waals surface area contributed by atoms with Gasteiger partial charge in [0.25, 0.3) is 0 Å². The molecule has 0 amide bonds. The van der Waals surface area contributed by atoms with E-state index in [-0.39, 0.29) is 6.54 Å². The lowest BCUT2D eigenvalue weighted by Gasteiger charge is -2.10. The lowest BCUT2D eigenvalue weighted by atomic mass is 10.0. The number of sulfonamides is 1. The summed E-state index contributed by atoms with van der Waals surface area (Å²) in [5.74, 6) is -2.20. The van der Waals surface area contributed by atoms with E-state index in [2.05, 4.69) is 4.72 Å². The smallest absolute Gasteiger partial charge is 0.211 e. The standard InChI is InChI=1S/C16H17F2NO2S/c1-11-6-7-13(12(2)10-11)8-9-19-22(20,21)16-14(17)4-3-5-15(16)18/h3-7,10,19H,8-9H2,1-2H3. The average molecular weight is 325 g/mol. The normalized spacial score (nSPS) is 11.6. The van der Waals surface area contributed by atoms with Crippen molar-refractivity contribution in [3.63, 3.8) is 0 Å². The molecule has 0 heterocycles. The Morgan fingerprint density at radius 2 is 1.68 bits per heavy atom. The van der Waals surface area contributed by atoms with Gasteiger partial charge in [0.15, 0.2) is 4.90 Å². The molecule has 3 nitrogen and oxygen atoms in total. The van der Waals surface area contributed by atoms with Gasteiger partial charge in [-0.1, -0.05) is 29.8 Å². The summed E-state index contributed by atoms with van der Waals surface area (Å²) >= 11 is 0. The highest BCUT2D eigenvalue weighted by Gasteiger charge is 2.23. The first-order valence-electron chi connectivity index (χ1n) is 6.81. The van der Waals surface area contributed by atoms with Gasteiger partial charge >= 0.3 is 0 Å². The van der Waals surface area contributed by atoms with E-state index in [1.165, 1.54) is 0 Å². The molecule has 0 saturated heterocycles. The maximum absolute atomic E-state index is 13.5. The van der Waals surface area contributed by atoms with Gasteiger partial charge in [-0.15, -0.1) is 0 Å². The van der Waals surface area contributed by atoms with E-state index in [4.69, 9.17) is 0 Å². The summed E-state index contributed by atoms with van der Waals surface area (Å²) in [4.78, 5) is -0.935. The van der Waals surface area contributed by atoms with Gasteiger partial charge in [0.2, 0.25) is 10.0 Å². The number of hydrogen-bond acceptors (Lipinski definition) is 2. The Kier molecular flexibility index (Phi) is 4.93. The molecule has 0 aliphatic heterocycles. The van der Waals surface area contributed by atoms with Crippen LogP contribution in [0.3, 0.4) is 0 Å². The van der Waals surface area contributed by atoms with Crippen molar-refractivity contribution in [3.8, 4) is 0 Å². The van der Waals surface area contributed by atoms with Crippen molar-refractivity contribution in [1.29, 1.82) is 0 Å². The zero-order valence-corrected chi connectivity index (χ0v) is 13.2. The van der Waals surface area contributed by atoms with Crippen LogP contribution in [0.15, 0.2) is 41.3 Å². The monoisotopic (exact) mass is 325 g/mol. The van der Waals surface area contributed by atoms with E-state index in [1.807, 2.05) is 32.0 Å². The summed E-state index contributed by atoms with van der Waals surface area (Å²) in [6, 6.07) is 8.82. The van der Waals surface area contributed by atoms with Gasteiger partial charge in [-0.3, -0.25) is 0 Å². The van der Waals surface area contributed by atoms with Crippen molar-refractivity contribution in [3.05, 3.63) is 64.7 Å². The first-order chi connectivity index (χ1) is 10.3. The van der Waals surface area contributed by atoms with Gasteiger partial charge in [0.1, 0.15) is 11.6 Å². The second-order valence-corrected chi connectivity index (χ2v) is 6.83. The van der Waals surface area contributed by atoms with Gasteiger partial charge in [0, 0.05) is 6.54 Å². The Balaban J connectivity index is 2.10. The van der Waals surface area contributed by atoms with E-state index < -0.39 is 26.6 Å². The lowest BCUT2D eigenvalue weighted by molar-refractivity contribution is 0.514. The quantitative estimate of drug-likeness (QED) is 0.918. The SMILES string of the molecule is Cc1ccc(CCNS(=O)(=O)c2c(F)cccc2F)c(C)c1. The maximum atomic E-state index is 13.5. The van der Waals surface area contributed by atoms with E-state index >= 15 is 0 Å². The zero-order chi connectivity index (χ0) is 16.3. The van der Waals surface area contributed by atoms with E-state index in [1.54, 1.807) is 0 Å². The zero-order valence-electron chi connectivity index (χ0n) is 12.4. The second kappa shape index (κ2) is 6.54. The Hall–Kier alpha value is -1.79. The lowest BCUT2D eigenvalue weighted by Crippen LogP contribution is -2.27. The first-order valence-corrected chi connectivity index (χ1v) is 8.29. The summed E-state index contributed by atoms with van der Waals surface area (Å²) in [6.45, 7) is 3.98. The van der Waals surface area contributed by atoms with Gasteiger partial charge in [-0.05, 0) is 43.5 Å². The number of nitrogens with one attached hydrogen (secondary N) is 1. The topological polar surface area (TPSA) is 46.2 Å². The van der Waals surface area contributed by atoms with Crippen LogP contribution in [0, 0.1) is 25.5 Å². The molecule has 6 heteroatoms. The summed E-state index contributed by atoms with van der Waals surface area (Å²) in [7, 11) is -4.21. The Bertz CT molecular complexity index is 768. The van der Waals surface area contributed by atoms with Crippen LogP contribution in [0.2, 0.25) is 0 Å². The van der Waals surface area contributed by atoms with Crippen LogP contribution in [0.25, 0.3) is 0 Å². The molecule has 0 radical (unpaired) electrons. The van der Waals surface area contributed by atoms with Crippen LogP contribution >= 0.6 is 0 Å². The predicted octanol–water partition coefficient (Wildman–Crippen LogP) is 3.10. The number of rotatable bonds is 5. The molecule has 0 aromatic heterocycles. The molecular formula is C16H17F2NO2S. The molecule has 0 saturated carbocycles. The van der Waals surface area contributed by atoms with Gasteiger partial charge in [-0.2, -0.15) is 0 Å². The summed E-state index contributed by atoms with van der Waals surface area (Å²) in [6.07, 6.45) is 0.446. The number of halogens is 2. The molecule has 0 atom stereocenters. The predicted molar refractivity (Wildman–Crippen MR) is 81.2 cm³/mol. The molecule has 2 aromatic rings. The average Bonchev–Trinajstić information content (AvgIpc) is 2.40. The van der Waals surface area contributed by atoms with Crippen molar-refractivity contribution in [2.45, 2.75) is 25.2 Å². The van der Waals surface area contributed by atoms with Gasteiger partial charge < -0.3 is 0 Å². The van der Waals surface area contributed by atoms with E-state index in [0.717, 1.165) is 34.9 Å². The Morgan fingerprint density at radius 3 is 2.27 bits per heavy atom. The highest BCUT2D eigenvalue weighted by Crippen LogP contribution is 2.18. The molecule has 0 aliphatic carbocycles. The van der Waals surface area contributed by atoms with Crippen molar-refractivity contribution in [2.24, 2.45) is 0 Å². The van der Waals surface area contributed by atoms with Gasteiger partial charge in [0.05, 0.1) is 0 Å². The summed E-state index contributed by atoms with van der Waals surface area (Å²) in [5.41, 5.74) is 3.16. The van der Waals surface area contributed by atoms with E-state index in [9.17, 15) is 17.2 Å². The fourth-order valence-corrected chi connectivity index (χ4v) is 3.42. The molecule has 0 bridgehead atoms. The molecule has 2 rings (SSSR count). The number of aryl methyl sites for hydroxylation is 2. The van der Waals surface area contributed by atoms with E-state index in [0.29, 0.717) is 6.42 Å². The van der Waals surface area contributed by atoms with Crippen LogP contribution in [0.4, 0.5) is 8.78 Å². The summed E-state index contributed by atoms with van der Waals surface area (Å²) in [5, 5.41) is 0. The first kappa shape index (κ1) is 16.6. The number of hydrogen-bond donors (Lipinski definition) is 1. The van der Waals surface area contributed by atoms with Crippen molar-refractivity contribution < 1.29 is 17.2 Å². The molecule has 0 fully saturated rings. The minimum Gasteiger partial charge on any atom is -0.211 e. The van der Waals surface area contributed by atoms with Crippen LogP contribution in [-0.4, -0.2) is 15.0 Å². The largest absolute Gasteiger partial charge is 0.246 e. The van der Waals surface area contributed by atoms with Crippen LogP contribution in [0.5, 0.6) is 0 Å². The third kappa shape index (κ3) is 3.69. The van der Waals surface area contributed by atoms with Crippen LogP contribution < -0.4 is 4.72 Å². The minimum absolute atomic E-state index is 0.0695. The third-order valence-electron chi connectivity index (χ3n) is 3.37. The molecule has 118 valence electrons. The number of benzene rings is 2. The van der Waals surface area contributed by atoms with Crippen LogP contribution in [-0.2, 0) is 16.4 Å². The highest BCUT2D eigenvalue weighted by atomic mass is 32.2. The molecular weight excluding hydrogens is 308 g/mol. The fourth-order valence-electron chi connectivity index (χ4n) is 2.26. The second-order valence-electron chi connectivity index (χ2n) is 5.13. The molecule has 22 heavy (non-hydrogen) atoms. The van der Waals surface area contributed by atoms with Crippen LogP contribution in [0.1, 0.15) is 16.7 Å². The molecule has 0 unspecified atom stereocenters. The fraction of sp³-hybridized carbons (Fsp3) is 0.250. The maximum Gasteiger partial charge on any atom is 0.246 e. The molecule has 0 aliphatic rings. The third-order valence-corrected chi connectivity index (χ3v) is 4.88. The Labute approximate surface area is 129 Å². The van der Waals surface area contributed by atoms with Crippen molar-refractivity contribution >= 4 is 10.0 Å². The molecule has 0 spiro atoms. The highest BCUT2D eigenvalue weighted by molar-refractivity contribution is 7.89.